The third-order valence-electron chi connectivity index (χ3n) is 4.58. The fraction of sp³-hybridized carbons (Fsp3) is 0.389. The molecule has 138 valence electrons. The number of aliphatic hydroxyl groups excluding tert-OH is 1. The molecule has 0 saturated heterocycles. The van der Waals surface area contributed by atoms with Gasteiger partial charge in [-0.25, -0.2) is 4.98 Å². The number of hydrogen-bond acceptors (Lipinski definition) is 6. The molecular weight excluding hydrogens is 338 g/mol. The van der Waals surface area contributed by atoms with Crippen molar-refractivity contribution < 1.29 is 19.4 Å². The van der Waals surface area contributed by atoms with Crippen LogP contribution in [-0.2, 0) is 0 Å². The highest BCUT2D eigenvalue weighted by atomic mass is 16.5. The number of ether oxygens (including phenoxy) is 2. The first-order valence-corrected chi connectivity index (χ1v) is 8.27. The van der Waals surface area contributed by atoms with Crippen molar-refractivity contribution in [1.82, 2.24) is 15.3 Å². The van der Waals surface area contributed by atoms with Crippen LogP contribution in [0.2, 0.25) is 0 Å². The average Bonchev–Trinajstić information content (AvgIpc) is 2.63. The molecule has 0 unspecified atom stereocenters. The Hall–Kier alpha value is -2.87. The Morgan fingerprint density at radius 3 is 2.65 bits per heavy atom. The number of hydrogen-bond donors (Lipinski definition) is 3. The predicted molar refractivity (Wildman–Crippen MR) is 93.3 cm³/mol. The molecule has 1 saturated carbocycles. The van der Waals surface area contributed by atoms with Crippen molar-refractivity contribution in [2.75, 3.05) is 14.2 Å². The number of carbonyl (C=O) groups is 1. The maximum absolute atomic E-state index is 12.6. The molecule has 0 aromatic carbocycles. The summed E-state index contributed by atoms with van der Waals surface area (Å²) in [6, 6.07) is 4.43. The van der Waals surface area contributed by atoms with E-state index in [0.717, 1.165) is 5.56 Å². The lowest BCUT2D eigenvalue weighted by atomic mass is 9.75. The van der Waals surface area contributed by atoms with Crippen LogP contribution in [0.3, 0.4) is 0 Å². The maximum atomic E-state index is 12.6. The molecule has 3 N–H and O–H groups in total. The summed E-state index contributed by atoms with van der Waals surface area (Å²) >= 11 is 0. The molecule has 0 radical (unpaired) electrons. The highest BCUT2D eigenvalue weighted by Crippen LogP contribution is 2.38. The van der Waals surface area contributed by atoms with Gasteiger partial charge in [0.15, 0.2) is 5.75 Å². The summed E-state index contributed by atoms with van der Waals surface area (Å²) in [6.07, 6.45) is 3.83. The van der Waals surface area contributed by atoms with Crippen molar-refractivity contribution in [1.29, 1.82) is 0 Å². The highest BCUT2D eigenvalue weighted by Gasteiger charge is 2.36. The zero-order valence-electron chi connectivity index (χ0n) is 14.6. The highest BCUT2D eigenvalue weighted by molar-refractivity contribution is 5.92. The minimum absolute atomic E-state index is 0.0918. The molecule has 1 fully saturated rings. The molecular formula is C18H21N3O5. The smallest absolute Gasteiger partial charge is 0.268 e. The summed E-state index contributed by atoms with van der Waals surface area (Å²) in [5.74, 6) is 0.299. The Kier molecular flexibility index (Phi) is 5.22. The van der Waals surface area contributed by atoms with E-state index < -0.39 is 5.91 Å². The minimum Gasteiger partial charge on any atom is -0.491 e. The summed E-state index contributed by atoms with van der Waals surface area (Å²) in [4.78, 5) is 31.4. The minimum atomic E-state index is -0.410. The van der Waals surface area contributed by atoms with E-state index in [1.165, 1.54) is 26.5 Å². The van der Waals surface area contributed by atoms with Gasteiger partial charge in [-0.2, -0.15) is 0 Å². The van der Waals surface area contributed by atoms with Crippen LogP contribution in [0, 0.1) is 5.92 Å². The lowest BCUT2D eigenvalue weighted by Gasteiger charge is -2.38. The van der Waals surface area contributed by atoms with Gasteiger partial charge in [0.2, 0.25) is 11.3 Å². The third kappa shape index (κ3) is 3.70. The van der Waals surface area contributed by atoms with Gasteiger partial charge in [0.05, 0.1) is 26.4 Å². The van der Waals surface area contributed by atoms with Crippen LogP contribution in [-0.4, -0.2) is 41.3 Å². The van der Waals surface area contributed by atoms with Crippen molar-refractivity contribution in [3.8, 4) is 11.6 Å². The van der Waals surface area contributed by atoms with E-state index in [-0.39, 0.29) is 34.9 Å². The first-order valence-electron chi connectivity index (χ1n) is 8.27. The van der Waals surface area contributed by atoms with Crippen molar-refractivity contribution in [3.63, 3.8) is 0 Å². The van der Waals surface area contributed by atoms with E-state index in [2.05, 4.69) is 15.3 Å². The van der Waals surface area contributed by atoms with Gasteiger partial charge in [-0.3, -0.25) is 9.59 Å². The van der Waals surface area contributed by atoms with Gasteiger partial charge in [-0.1, -0.05) is 6.07 Å². The van der Waals surface area contributed by atoms with E-state index in [1.54, 1.807) is 12.3 Å². The van der Waals surface area contributed by atoms with Crippen molar-refractivity contribution in [3.05, 3.63) is 52.1 Å². The van der Waals surface area contributed by atoms with Gasteiger partial charge in [0.1, 0.15) is 5.69 Å². The molecule has 1 atom stereocenters. The number of aromatic amines is 1. The van der Waals surface area contributed by atoms with E-state index in [1.807, 2.05) is 6.07 Å². The molecule has 26 heavy (non-hydrogen) atoms. The van der Waals surface area contributed by atoms with Crippen LogP contribution in [0.1, 0.15) is 34.9 Å². The molecule has 2 aromatic heterocycles. The number of carbonyl (C=O) groups excluding carboxylic acids is 1. The summed E-state index contributed by atoms with van der Waals surface area (Å²) in [7, 11) is 2.92. The molecule has 0 aliphatic heterocycles. The fourth-order valence-electron chi connectivity index (χ4n) is 3.04. The molecule has 8 nitrogen and oxygen atoms in total. The summed E-state index contributed by atoms with van der Waals surface area (Å²) < 4.78 is 9.97. The van der Waals surface area contributed by atoms with Crippen molar-refractivity contribution >= 4 is 5.91 Å². The number of aliphatic hydroxyl groups is 1. The Morgan fingerprint density at radius 2 is 2.12 bits per heavy atom. The second kappa shape index (κ2) is 7.57. The number of nitrogens with one attached hydrogen (secondary N) is 2. The van der Waals surface area contributed by atoms with Crippen LogP contribution in [0.15, 0.2) is 35.4 Å². The van der Waals surface area contributed by atoms with Gasteiger partial charge < -0.3 is 24.9 Å². The number of pyridine rings is 2. The van der Waals surface area contributed by atoms with E-state index in [4.69, 9.17) is 9.47 Å². The second-order valence-electron chi connectivity index (χ2n) is 6.25. The van der Waals surface area contributed by atoms with E-state index in [0.29, 0.717) is 18.7 Å². The number of nitrogens with zero attached hydrogens (tertiary/aromatic N) is 1. The lowest BCUT2D eigenvalue weighted by Crippen LogP contribution is -2.41. The van der Waals surface area contributed by atoms with Gasteiger partial charge in [-0.15, -0.1) is 0 Å². The fourth-order valence-corrected chi connectivity index (χ4v) is 3.04. The monoisotopic (exact) mass is 359 g/mol. The number of amides is 1. The summed E-state index contributed by atoms with van der Waals surface area (Å²) in [5, 5.41) is 12.6. The molecule has 0 bridgehead atoms. The number of H-pyrrole nitrogens is 1. The number of methoxy groups -OCH3 is 2. The first-order chi connectivity index (χ1) is 12.5. The quantitative estimate of drug-likeness (QED) is 0.710. The molecule has 3 rings (SSSR count). The van der Waals surface area contributed by atoms with Crippen LogP contribution in [0.25, 0.3) is 0 Å². The first kappa shape index (κ1) is 17.9. The van der Waals surface area contributed by atoms with E-state index >= 15 is 0 Å². The SMILES string of the molecule is COc1ccc([C@@H](NC(=O)c2cc(=O)c(OC)c[nH]2)C2CC(O)C2)cn1. The Balaban J connectivity index is 1.81. The normalized spacial score (nSPS) is 20.0. The number of rotatable bonds is 6. The largest absolute Gasteiger partial charge is 0.491 e. The van der Waals surface area contributed by atoms with Crippen LogP contribution in [0.5, 0.6) is 11.6 Å². The molecule has 8 heteroatoms. The maximum Gasteiger partial charge on any atom is 0.268 e. The molecule has 2 heterocycles. The van der Waals surface area contributed by atoms with Gasteiger partial charge in [-0.05, 0) is 24.3 Å². The van der Waals surface area contributed by atoms with Crippen LogP contribution in [0.4, 0.5) is 0 Å². The van der Waals surface area contributed by atoms with Crippen molar-refractivity contribution in [2.45, 2.75) is 25.0 Å². The lowest BCUT2D eigenvalue weighted by molar-refractivity contribution is 0.0234. The topological polar surface area (TPSA) is 114 Å². The average molecular weight is 359 g/mol. The van der Waals surface area contributed by atoms with Crippen LogP contribution < -0.4 is 20.2 Å². The van der Waals surface area contributed by atoms with Gasteiger partial charge >= 0.3 is 0 Å². The Labute approximate surface area is 150 Å². The second-order valence-corrected chi connectivity index (χ2v) is 6.25. The molecule has 0 spiro atoms. The molecule has 1 amide bonds. The number of aromatic nitrogens is 2. The van der Waals surface area contributed by atoms with Gasteiger partial charge in [0.25, 0.3) is 5.91 Å². The molecule has 2 aromatic rings. The zero-order valence-corrected chi connectivity index (χ0v) is 14.6. The van der Waals surface area contributed by atoms with Gasteiger partial charge in [0, 0.05) is 24.5 Å². The summed E-state index contributed by atoms with van der Waals surface area (Å²) in [6.45, 7) is 0. The zero-order chi connectivity index (χ0) is 18.7. The summed E-state index contributed by atoms with van der Waals surface area (Å²) in [5.41, 5.74) is 0.576. The predicted octanol–water partition coefficient (Wildman–Crippen LogP) is 1.03. The Bertz CT molecular complexity index is 827. The third-order valence-corrected chi connectivity index (χ3v) is 4.58. The molecule has 1 aliphatic rings. The Morgan fingerprint density at radius 1 is 1.35 bits per heavy atom. The van der Waals surface area contributed by atoms with Crippen molar-refractivity contribution in [2.24, 2.45) is 5.92 Å². The molecule has 1 aliphatic carbocycles. The van der Waals surface area contributed by atoms with E-state index in [9.17, 15) is 14.7 Å². The van der Waals surface area contributed by atoms with Crippen LogP contribution >= 0.6 is 0 Å². The standard InChI is InChI=1S/C18H21N3O5/c1-25-15-9-19-13(7-14(15)23)18(24)21-17(11-5-12(22)6-11)10-3-4-16(26-2)20-8-10/h3-4,7-9,11-12,17,22H,5-6H2,1-2H3,(H,19,23)(H,21,24)/t11?,12?,17-/m1/s1.